The summed E-state index contributed by atoms with van der Waals surface area (Å²) in [5, 5.41) is 3.09. The van der Waals surface area contributed by atoms with Crippen molar-refractivity contribution in [2.45, 2.75) is 51.6 Å². The van der Waals surface area contributed by atoms with Gasteiger partial charge in [0.25, 0.3) is 0 Å². The Morgan fingerprint density at radius 3 is 2.28 bits per heavy atom. The molecule has 2 aliphatic rings. The molecule has 2 fully saturated rings. The number of amides is 2. The molecular formula is C27H35N3O2. The number of hydrogen-bond donors (Lipinski definition) is 1. The van der Waals surface area contributed by atoms with Gasteiger partial charge in [-0.25, -0.2) is 0 Å². The van der Waals surface area contributed by atoms with Crippen LogP contribution in [0.2, 0.25) is 0 Å². The van der Waals surface area contributed by atoms with E-state index >= 15 is 0 Å². The van der Waals surface area contributed by atoms with Gasteiger partial charge in [0, 0.05) is 26.2 Å². The first-order valence-electron chi connectivity index (χ1n) is 12.1. The van der Waals surface area contributed by atoms with E-state index in [4.69, 9.17) is 0 Å². The van der Waals surface area contributed by atoms with Crippen LogP contribution in [-0.2, 0) is 29.1 Å². The second-order valence-corrected chi connectivity index (χ2v) is 9.21. The van der Waals surface area contributed by atoms with Gasteiger partial charge >= 0.3 is 0 Å². The van der Waals surface area contributed by atoms with Crippen LogP contribution in [-0.4, -0.2) is 47.8 Å². The molecule has 0 radical (unpaired) electrons. The summed E-state index contributed by atoms with van der Waals surface area (Å²) in [6.07, 6.45) is 6.09. The highest BCUT2D eigenvalue weighted by molar-refractivity contribution is 5.82. The van der Waals surface area contributed by atoms with Crippen molar-refractivity contribution < 1.29 is 9.59 Å². The second kappa shape index (κ2) is 11.3. The first-order chi connectivity index (χ1) is 15.7. The summed E-state index contributed by atoms with van der Waals surface area (Å²) in [4.78, 5) is 29.8. The minimum Gasteiger partial charge on any atom is -0.352 e. The Morgan fingerprint density at radius 1 is 0.812 bits per heavy atom. The maximum atomic E-state index is 12.8. The van der Waals surface area contributed by atoms with Crippen molar-refractivity contribution in [3.05, 3.63) is 71.3 Å². The number of hydrogen-bond acceptors (Lipinski definition) is 3. The molecule has 170 valence electrons. The van der Waals surface area contributed by atoms with Crippen molar-refractivity contribution in [3.63, 3.8) is 0 Å². The lowest BCUT2D eigenvalue weighted by atomic mass is 9.96. The van der Waals surface area contributed by atoms with E-state index in [1.165, 1.54) is 37.9 Å². The Hall–Kier alpha value is -2.66. The number of nitrogens with one attached hydrogen (secondary N) is 1. The first kappa shape index (κ1) is 22.5. The van der Waals surface area contributed by atoms with E-state index in [9.17, 15) is 9.59 Å². The monoisotopic (exact) mass is 433 g/mol. The summed E-state index contributed by atoms with van der Waals surface area (Å²) in [6.45, 7) is 5.22. The maximum absolute atomic E-state index is 12.8. The number of carbonyl (C=O) groups excluding carboxylic acids is 2. The summed E-state index contributed by atoms with van der Waals surface area (Å²) in [5.74, 6) is 0.0412. The van der Waals surface area contributed by atoms with E-state index < -0.39 is 0 Å². The molecule has 0 spiro atoms. The third-order valence-electron chi connectivity index (χ3n) is 6.69. The zero-order chi connectivity index (χ0) is 22.2. The predicted octanol–water partition coefficient (Wildman–Crippen LogP) is 3.77. The lowest BCUT2D eigenvalue weighted by molar-refractivity contribution is -0.135. The van der Waals surface area contributed by atoms with Gasteiger partial charge in [0.15, 0.2) is 0 Å². The molecule has 4 rings (SSSR count). The van der Waals surface area contributed by atoms with Crippen LogP contribution in [0.5, 0.6) is 0 Å². The van der Waals surface area contributed by atoms with Crippen LogP contribution >= 0.6 is 0 Å². The van der Waals surface area contributed by atoms with Crippen molar-refractivity contribution in [2.24, 2.45) is 5.92 Å². The molecule has 0 bridgehead atoms. The van der Waals surface area contributed by atoms with Crippen LogP contribution in [0, 0.1) is 5.92 Å². The highest BCUT2D eigenvalue weighted by Gasteiger charge is 2.28. The fourth-order valence-electron chi connectivity index (χ4n) is 4.77. The van der Waals surface area contributed by atoms with Crippen LogP contribution in [0.15, 0.2) is 54.6 Å². The zero-order valence-electron chi connectivity index (χ0n) is 19.0. The molecule has 1 atom stereocenters. The fraction of sp³-hybridized carbons (Fsp3) is 0.481. The molecule has 2 heterocycles. The van der Waals surface area contributed by atoms with E-state index in [0.717, 1.165) is 37.1 Å². The zero-order valence-corrected chi connectivity index (χ0v) is 19.0. The predicted molar refractivity (Wildman–Crippen MR) is 127 cm³/mol. The molecule has 1 N–H and O–H groups in total. The van der Waals surface area contributed by atoms with Gasteiger partial charge in [0.1, 0.15) is 0 Å². The standard InChI is InChI=1S/C27H35N3O2/c31-26(18-22-8-3-1-4-9-22)30-17-7-10-25(21-30)27(32)28-19-23-11-13-24(14-12-23)20-29-15-5-2-6-16-29/h1,3-4,8-9,11-14,25H,2,5-7,10,15-21H2,(H,28,32). The Balaban J connectivity index is 1.23. The SMILES string of the molecule is O=C(NCc1ccc(CN2CCCCC2)cc1)C1CCCN(C(=O)Cc2ccccc2)C1. The number of likely N-dealkylation sites (tertiary alicyclic amines) is 2. The summed E-state index contributed by atoms with van der Waals surface area (Å²) in [7, 11) is 0. The molecule has 5 nitrogen and oxygen atoms in total. The Bertz CT molecular complexity index is 876. The van der Waals surface area contributed by atoms with Crippen molar-refractivity contribution in [2.75, 3.05) is 26.2 Å². The van der Waals surface area contributed by atoms with Gasteiger partial charge in [-0.2, -0.15) is 0 Å². The summed E-state index contributed by atoms with van der Waals surface area (Å²) < 4.78 is 0. The first-order valence-corrected chi connectivity index (χ1v) is 12.1. The van der Waals surface area contributed by atoms with E-state index in [-0.39, 0.29) is 17.7 Å². The van der Waals surface area contributed by atoms with Crippen LogP contribution in [0.3, 0.4) is 0 Å². The molecule has 0 aliphatic carbocycles. The number of rotatable bonds is 7. The quantitative estimate of drug-likeness (QED) is 0.723. The average molecular weight is 434 g/mol. The average Bonchev–Trinajstić information content (AvgIpc) is 2.85. The topological polar surface area (TPSA) is 52.7 Å². The largest absolute Gasteiger partial charge is 0.352 e. The lowest BCUT2D eigenvalue weighted by Crippen LogP contribution is -2.45. The number of carbonyl (C=O) groups is 2. The summed E-state index contributed by atoms with van der Waals surface area (Å²) >= 11 is 0. The molecule has 2 amide bonds. The molecular weight excluding hydrogens is 398 g/mol. The second-order valence-electron chi connectivity index (χ2n) is 9.21. The van der Waals surface area contributed by atoms with Gasteiger partial charge in [-0.05, 0) is 55.5 Å². The van der Waals surface area contributed by atoms with Gasteiger partial charge in [0.05, 0.1) is 12.3 Å². The molecule has 5 heteroatoms. The van der Waals surface area contributed by atoms with E-state index in [1.54, 1.807) is 0 Å². The Kier molecular flexibility index (Phi) is 7.94. The van der Waals surface area contributed by atoms with Gasteiger partial charge in [0.2, 0.25) is 11.8 Å². The van der Waals surface area contributed by atoms with Crippen molar-refractivity contribution in [1.29, 1.82) is 0 Å². The van der Waals surface area contributed by atoms with Crippen molar-refractivity contribution >= 4 is 11.8 Å². The minimum absolute atomic E-state index is 0.0552. The molecule has 32 heavy (non-hydrogen) atoms. The summed E-state index contributed by atoms with van der Waals surface area (Å²) in [6, 6.07) is 18.4. The fourth-order valence-corrected chi connectivity index (χ4v) is 4.77. The molecule has 2 saturated heterocycles. The third-order valence-corrected chi connectivity index (χ3v) is 6.69. The Labute approximate surface area is 191 Å². The van der Waals surface area contributed by atoms with E-state index in [1.807, 2.05) is 35.2 Å². The lowest BCUT2D eigenvalue weighted by Gasteiger charge is -2.32. The molecule has 0 aromatic heterocycles. The van der Waals surface area contributed by atoms with Gasteiger partial charge < -0.3 is 10.2 Å². The molecule has 2 aliphatic heterocycles. The maximum Gasteiger partial charge on any atom is 0.227 e. The Morgan fingerprint density at radius 2 is 1.53 bits per heavy atom. The van der Waals surface area contributed by atoms with Gasteiger partial charge in [-0.15, -0.1) is 0 Å². The minimum atomic E-state index is -0.123. The molecule has 2 aromatic rings. The molecule has 2 aromatic carbocycles. The number of benzene rings is 2. The van der Waals surface area contributed by atoms with Crippen LogP contribution in [0.1, 0.15) is 48.8 Å². The molecule has 1 unspecified atom stereocenters. The van der Waals surface area contributed by atoms with Crippen LogP contribution in [0.25, 0.3) is 0 Å². The summed E-state index contributed by atoms with van der Waals surface area (Å²) in [5.41, 5.74) is 3.48. The smallest absolute Gasteiger partial charge is 0.227 e. The van der Waals surface area contributed by atoms with Crippen molar-refractivity contribution in [1.82, 2.24) is 15.1 Å². The van der Waals surface area contributed by atoms with Crippen LogP contribution in [0.4, 0.5) is 0 Å². The highest BCUT2D eigenvalue weighted by atomic mass is 16.2. The van der Waals surface area contributed by atoms with Crippen LogP contribution < -0.4 is 5.32 Å². The van der Waals surface area contributed by atoms with Gasteiger partial charge in [-0.3, -0.25) is 14.5 Å². The molecule has 0 saturated carbocycles. The van der Waals surface area contributed by atoms with E-state index in [0.29, 0.717) is 19.5 Å². The number of piperidine rings is 2. The third kappa shape index (κ3) is 6.42. The number of nitrogens with zero attached hydrogens (tertiary/aromatic N) is 2. The van der Waals surface area contributed by atoms with Crippen molar-refractivity contribution in [3.8, 4) is 0 Å². The van der Waals surface area contributed by atoms with Gasteiger partial charge in [-0.1, -0.05) is 61.0 Å². The highest BCUT2D eigenvalue weighted by Crippen LogP contribution is 2.18. The van der Waals surface area contributed by atoms with E-state index in [2.05, 4.69) is 34.5 Å². The normalized spacial score (nSPS) is 19.5.